The zero-order valence-electron chi connectivity index (χ0n) is 11.7. The summed E-state index contributed by atoms with van der Waals surface area (Å²) in [5.74, 6) is 0.504. The van der Waals surface area contributed by atoms with Crippen molar-refractivity contribution < 1.29 is 9.84 Å². The normalized spacial score (nSPS) is 16.0. The maximum Gasteiger partial charge on any atom is 0.115 e. The third kappa shape index (κ3) is 2.70. The van der Waals surface area contributed by atoms with Gasteiger partial charge in [0.2, 0.25) is 0 Å². The van der Waals surface area contributed by atoms with Crippen LogP contribution >= 0.6 is 0 Å². The molecule has 0 spiro atoms. The first-order chi connectivity index (χ1) is 7.72. The summed E-state index contributed by atoms with van der Waals surface area (Å²) in [4.78, 5) is 0. The molecular weight excluding hydrogens is 212 g/mol. The van der Waals surface area contributed by atoms with E-state index < -0.39 is 11.2 Å². The van der Waals surface area contributed by atoms with Gasteiger partial charge >= 0.3 is 0 Å². The zero-order valence-corrected chi connectivity index (χ0v) is 11.7. The van der Waals surface area contributed by atoms with Gasteiger partial charge < -0.3 is 9.84 Å². The van der Waals surface area contributed by atoms with Crippen LogP contribution in [0, 0.1) is 0 Å². The van der Waals surface area contributed by atoms with Crippen LogP contribution in [0.4, 0.5) is 0 Å². The van der Waals surface area contributed by atoms with E-state index in [-0.39, 0.29) is 0 Å². The molecule has 1 N–H and O–H groups in total. The van der Waals surface area contributed by atoms with E-state index in [9.17, 15) is 5.11 Å². The molecule has 0 amide bonds. The molecule has 0 aliphatic carbocycles. The molecule has 2 nitrogen and oxygen atoms in total. The lowest BCUT2D eigenvalue weighted by Gasteiger charge is -2.39. The monoisotopic (exact) mass is 236 g/mol. The Morgan fingerprint density at radius 2 is 1.53 bits per heavy atom. The van der Waals surface area contributed by atoms with Crippen molar-refractivity contribution in [3.63, 3.8) is 0 Å². The lowest BCUT2D eigenvalue weighted by molar-refractivity contribution is -0.145. The van der Waals surface area contributed by atoms with E-state index in [1.807, 2.05) is 26.0 Å². The summed E-state index contributed by atoms with van der Waals surface area (Å²) >= 11 is 0. The standard InChI is InChI=1S/C15H24O2/c1-11(2)12-7-9-13(10-8-12)15(5,16)14(3,4)17-6/h7-11,16H,1-6H3. The third-order valence-electron chi connectivity index (χ3n) is 3.82. The van der Waals surface area contributed by atoms with Crippen molar-refractivity contribution in [1.82, 2.24) is 0 Å². The first-order valence-electron chi connectivity index (χ1n) is 6.10. The SMILES string of the molecule is COC(C)(C)C(C)(O)c1ccc(C(C)C)cc1. The summed E-state index contributed by atoms with van der Waals surface area (Å²) in [6.07, 6.45) is 0. The maximum absolute atomic E-state index is 10.6. The summed E-state index contributed by atoms with van der Waals surface area (Å²) in [6.45, 7) is 9.89. The fraction of sp³-hybridized carbons (Fsp3) is 0.600. The van der Waals surface area contributed by atoms with E-state index in [0.717, 1.165) is 5.56 Å². The zero-order chi connectivity index (χ0) is 13.3. The van der Waals surface area contributed by atoms with Gasteiger partial charge in [-0.3, -0.25) is 0 Å². The molecule has 0 saturated heterocycles. The first kappa shape index (κ1) is 14.2. The molecule has 0 bridgehead atoms. The first-order valence-corrected chi connectivity index (χ1v) is 6.10. The Bertz CT molecular complexity index is 361. The average molecular weight is 236 g/mol. The van der Waals surface area contributed by atoms with E-state index in [0.29, 0.717) is 5.92 Å². The predicted molar refractivity (Wildman–Crippen MR) is 71.2 cm³/mol. The van der Waals surface area contributed by atoms with E-state index in [1.54, 1.807) is 14.0 Å². The van der Waals surface area contributed by atoms with Crippen molar-refractivity contribution in [2.75, 3.05) is 7.11 Å². The summed E-state index contributed by atoms with van der Waals surface area (Å²) in [5, 5.41) is 10.6. The van der Waals surface area contributed by atoms with Crippen molar-refractivity contribution in [3.05, 3.63) is 35.4 Å². The summed E-state index contributed by atoms with van der Waals surface area (Å²) < 4.78 is 5.38. The van der Waals surface area contributed by atoms with Crippen molar-refractivity contribution in [1.29, 1.82) is 0 Å². The minimum atomic E-state index is -1.00. The minimum Gasteiger partial charge on any atom is -0.382 e. The fourth-order valence-electron chi connectivity index (χ4n) is 1.74. The number of hydrogen-bond acceptors (Lipinski definition) is 2. The Morgan fingerprint density at radius 3 is 1.88 bits per heavy atom. The Morgan fingerprint density at radius 1 is 1.06 bits per heavy atom. The highest BCUT2D eigenvalue weighted by Crippen LogP contribution is 2.35. The van der Waals surface area contributed by atoms with E-state index >= 15 is 0 Å². The van der Waals surface area contributed by atoms with Gasteiger partial charge in [-0.25, -0.2) is 0 Å². The van der Waals surface area contributed by atoms with Gasteiger partial charge in [0.25, 0.3) is 0 Å². The number of methoxy groups -OCH3 is 1. The largest absolute Gasteiger partial charge is 0.382 e. The molecule has 0 aromatic heterocycles. The molecule has 0 saturated carbocycles. The van der Waals surface area contributed by atoms with Gasteiger partial charge in [-0.2, -0.15) is 0 Å². The van der Waals surface area contributed by atoms with Gasteiger partial charge in [-0.1, -0.05) is 38.1 Å². The molecule has 1 aromatic rings. The van der Waals surface area contributed by atoms with Crippen LogP contribution in [0.5, 0.6) is 0 Å². The molecule has 0 radical (unpaired) electrons. The van der Waals surface area contributed by atoms with Crippen LogP contribution in [0.2, 0.25) is 0 Å². The Kier molecular flexibility index (Phi) is 4.00. The molecule has 0 aliphatic heterocycles. The summed E-state index contributed by atoms with van der Waals surface area (Å²) in [7, 11) is 1.62. The van der Waals surface area contributed by atoms with Crippen LogP contribution in [0.1, 0.15) is 51.7 Å². The molecule has 96 valence electrons. The Hall–Kier alpha value is -0.860. The second-order valence-electron chi connectivity index (χ2n) is 5.56. The predicted octanol–water partition coefficient (Wildman–Crippen LogP) is 3.44. The van der Waals surface area contributed by atoms with Gasteiger partial charge in [0.05, 0.1) is 5.60 Å². The number of ether oxygens (including phenoxy) is 1. The lowest BCUT2D eigenvalue weighted by atomic mass is 9.80. The molecular formula is C15H24O2. The van der Waals surface area contributed by atoms with E-state index in [2.05, 4.69) is 26.0 Å². The van der Waals surface area contributed by atoms with Crippen molar-refractivity contribution in [3.8, 4) is 0 Å². The van der Waals surface area contributed by atoms with Gasteiger partial charge in [0.15, 0.2) is 0 Å². The van der Waals surface area contributed by atoms with Crippen molar-refractivity contribution >= 4 is 0 Å². The minimum absolute atomic E-state index is 0.504. The Labute approximate surface area is 105 Å². The van der Waals surface area contributed by atoms with E-state index in [4.69, 9.17) is 4.74 Å². The van der Waals surface area contributed by atoms with Crippen LogP contribution < -0.4 is 0 Å². The molecule has 0 fully saturated rings. The molecule has 2 heteroatoms. The van der Waals surface area contributed by atoms with Crippen LogP contribution in [0.15, 0.2) is 24.3 Å². The van der Waals surface area contributed by atoms with Gasteiger partial charge in [0.1, 0.15) is 5.60 Å². The average Bonchev–Trinajstić information content (AvgIpc) is 2.28. The highest BCUT2D eigenvalue weighted by atomic mass is 16.5. The number of benzene rings is 1. The quantitative estimate of drug-likeness (QED) is 0.867. The van der Waals surface area contributed by atoms with Crippen LogP contribution in [-0.4, -0.2) is 17.8 Å². The van der Waals surface area contributed by atoms with Crippen LogP contribution in [-0.2, 0) is 10.3 Å². The Balaban J connectivity index is 3.08. The van der Waals surface area contributed by atoms with Gasteiger partial charge in [-0.15, -0.1) is 0 Å². The van der Waals surface area contributed by atoms with Gasteiger partial charge in [-0.05, 0) is 37.8 Å². The smallest absolute Gasteiger partial charge is 0.115 e. The highest BCUT2D eigenvalue weighted by Gasteiger charge is 2.41. The number of aliphatic hydroxyl groups is 1. The number of hydrogen-bond donors (Lipinski definition) is 1. The molecule has 0 heterocycles. The molecule has 1 unspecified atom stereocenters. The molecule has 1 rings (SSSR count). The molecule has 17 heavy (non-hydrogen) atoms. The molecule has 0 aliphatic rings. The topological polar surface area (TPSA) is 29.5 Å². The highest BCUT2D eigenvalue weighted by molar-refractivity contribution is 5.30. The molecule has 1 atom stereocenters. The van der Waals surface area contributed by atoms with Gasteiger partial charge in [0, 0.05) is 7.11 Å². The number of rotatable bonds is 4. The van der Waals surface area contributed by atoms with Crippen molar-refractivity contribution in [2.45, 2.75) is 51.7 Å². The second-order valence-corrected chi connectivity index (χ2v) is 5.56. The lowest BCUT2D eigenvalue weighted by Crippen LogP contribution is -2.46. The fourth-order valence-corrected chi connectivity index (χ4v) is 1.74. The summed E-state index contributed by atoms with van der Waals surface area (Å²) in [5.41, 5.74) is 0.539. The van der Waals surface area contributed by atoms with Crippen LogP contribution in [0.3, 0.4) is 0 Å². The van der Waals surface area contributed by atoms with Crippen molar-refractivity contribution in [2.24, 2.45) is 0 Å². The van der Waals surface area contributed by atoms with Crippen LogP contribution in [0.25, 0.3) is 0 Å². The van der Waals surface area contributed by atoms with E-state index in [1.165, 1.54) is 5.56 Å². The second kappa shape index (κ2) is 4.79. The molecule has 1 aromatic carbocycles. The summed E-state index contributed by atoms with van der Waals surface area (Å²) in [6, 6.07) is 8.10. The third-order valence-corrected chi connectivity index (χ3v) is 3.82. The maximum atomic E-state index is 10.6.